The van der Waals surface area contributed by atoms with Gasteiger partial charge in [-0.05, 0) is 36.5 Å². The Balaban J connectivity index is 1.77. The van der Waals surface area contributed by atoms with Crippen LogP contribution in [0.4, 0.5) is 13.2 Å². The van der Waals surface area contributed by atoms with Gasteiger partial charge in [0.1, 0.15) is 17.8 Å². The largest absolute Gasteiger partial charge is 0.459 e. The molecule has 0 unspecified atom stereocenters. The third-order valence-electron chi connectivity index (χ3n) is 3.11. The van der Waals surface area contributed by atoms with E-state index in [0.29, 0.717) is 28.4 Å². The van der Waals surface area contributed by atoms with Crippen molar-refractivity contribution >= 4 is 12.2 Å². The molecule has 0 saturated heterocycles. The van der Waals surface area contributed by atoms with E-state index in [9.17, 15) is 13.2 Å². The fraction of sp³-hybridized carbons (Fsp3) is 0.143. The van der Waals surface area contributed by atoms with E-state index in [1.807, 2.05) is 0 Å². The van der Waals surface area contributed by atoms with Crippen molar-refractivity contribution in [2.24, 2.45) is 0 Å². The molecule has 0 fully saturated rings. The average molecular weight is 340 g/mol. The summed E-state index contributed by atoms with van der Waals surface area (Å²) in [5.41, 5.74) is 2.61. The van der Waals surface area contributed by atoms with Crippen LogP contribution in [0.25, 0.3) is 11.3 Å². The highest BCUT2D eigenvalue weighted by atomic mass is 32.1. The van der Waals surface area contributed by atoms with E-state index in [-0.39, 0.29) is 0 Å². The molecule has 120 valence electrons. The quantitative estimate of drug-likeness (QED) is 0.706. The third kappa shape index (κ3) is 3.45. The maximum atomic E-state index is 12.7. The van der Waals surface area contributed by atoms with Crippen molar-refractivity contribution in [1.29, 1.82) is 0 Å². The topological polar surface area (TPSA) is 58.8 Å². The maximum Gasteiger partial charge on any atom is 0.416 e. The molecule has 3 aromatic rings. The number of nitrogens with zero attached hydrogens (tertiary/aromatic N) is 2. The third-order valence-corrected chi connectivity index (χ3v) is 3.40. The highest BCUT2D eigenvalue weighted by Crippen LogP contribution is 2.32. The second kappa shape index (κ2) is 5.92. The van der Waals surface area contributed by atoms with Crippen LogP contribution in [0.3, 0.4) is 0 Å². The minimum atomic E-state index is -4.38. The highest BCUT2D eigenvalue weighted by molar-refractivity contribution is 7.71. The van der Waals surface area contributed by atoms with Gasteiger partial charge in [-0.15, -0.1) is 0 Å². The predicted molar refractivity (Wildman–Crippen MR) is 79.6 cm³/mol. The van der Waals surface area contributed by atoms with E-state index in [0.717, 1.165) is 12.1 Å². The van der Waals surface area contributed by atoms with Crippen molar-refractivity contribution in [3.63, 3.8) is 0 Å². The van der Waals surface area contributed by atoms with Crippen LogP contribution in [0.2, 0.25) is 0 Å². The van der Waals surface area contributed by atoms with Gasteiger partial charge in [-0.2, -0.15) is 18.3 Å². The minimum absolute atomic E-state index is 0.312. The molecule has 0 aliphatic heterocycles. The second-order valence-electron chi connectivity index (χ2n) is 4.71. The molecule has 0 saturated carbocycles. The molecule has 9 heteroatoms. The molecule has 3 rings (SSSR count). The summed E-state index contributed by atoms with van der Waals surface area (Å²) in [6.07, 6.45) is -2.91. The van der Waals surface area contributed by atoms with Crippen LogP contribution in [0, 0.1) is 4.77 Å². The van der Waals surface area contributed by atoms with Gasteiger partial charge >= 0.3 is 6.18 Å². The molecule has 0 amide bonds. The monoisotopic (exact) mass is 340 g/mol. The molecule has 2 N–H and O–H groups in total. The van der Waals surface area contributed by atoms with E-state index in [1.54, 1.807) is 18.2 Å². The number of halogens is 3. The van der Waals surface area contributed by atoms with Crippen molar-refractivity contribution in [3.8, 4) is 11.3 Å². The average Bonchev–Trinajstić information content (AvgIpc) is 3.13. The number of benzene rings is 1. The normalized spacial score (nSPS) is 11.6. The van der Waals surface area contributed by atoms with Gasteiger partial charge in [0.15, 0.2) is 0 Å². The van der Waals surface area contributed by atoms with E-state index < -0.39 is 11.7 Å². The van der Waals surface area contributed by atoms with Crippen LogP contribution >= 0.6 is 12.2 Å². The SMILES string of the molecule is FC(F)(F)c1cccc(-c2ccc(CNn3cn[nH]c3=S)o2)c1. The van der Waals surface area contributed by atoms with Crippen LogP contribution in [0.5, 0.6) is 0 Å². The molecular weight excluding hydrogens is 329 g/mol. The number of nitrogens with one attached hydrogen (secondary N) is 2. The van der Waals surface area contributed by atoms with Crippen molar-refractivity contribution in [3.05, 3.63) is 58.8 Å². The van der Waals surface area contributed by atoms with Gasteiger partial charge in [0.2, 0.25) is 4.77 Å². The van der Waals surface area contributed by atoms with Crippen LogP contribution in [0.1, 0.15) is 11.3 Å². The zero-order valence-electron chi connectivity index (χ0n) is 11.6. The fourth-order valence-electron chi connectivity index (χ4n) is 2.00. The van der Waals surface area contributed by atoms with Gasteiger partial charge in [-0.25, -0.2) is 4.68 Å². The Morgan fingerprint density at radius 3 is 2.78 bits per heavy atom. The predicted octanol–water partition coefficient (Wildman–Crippen LogP) is 3.96. The van der Waals surface area contributed by atoms with Gasteiger partial charge in [-0.1, -0.05) is 12.1 Å². The molecule has 0 aliphatic rings. The number of rotatable bonds is 4. The minimum Gasteiger partial charge on any atom is -0.459 e. The van der Waals surface area contributed by atoms with Gasteiger partial charge in [-0.3, -0.25) is 5.10 Å². The molecule has 5 nitrogen and oxygen atoms in total. The number of aromatic amines is 1. The first kappa shape index (κ1) is 15.3. The Kier molecular flexibility index (Phi) is 3.95. The highest BCUT2D eigenvalue weighted by Gasteiger charge is 2.30. The van der Waals surface area contributed by atoms with E-state index >= 15 is 0 Å². The fourth-order valence-corrected chi connectivity index (χ4v) is 2.17. The molecule has 0 bridgehead atoms. The molecule has 0 radical (unpaired) electrons. The number of hydrogen-bond acceptors (Lipinski definition) is 4. The lowest BCUT2D eigenvalue weighted by Crippen LogP contribution is -2.12. The summed E-state index contributed by atoms with van der Waals surface area (Å²) in [4.78, 5) is 0. The first-order chi connectivity index (χ1) is 10.9. The van der Waals surface area contributed by atoms with Gasteiger partial charge in [0.05, 0.1) is 12.1 Å². The van der Waals surface area contributed by atoms with E-state index in [1.165, 1.54) is 17.1 Å². The van der Waals surface area contributed by atoms with Crippen LogP contribution in [-0.4, -0.2) is 14.9 Å². The smallest absolute Gasteiger partial charge is 0.416 e. The lowest BCUT2D eigenvalue weighted by atomic mass is 10.1. The van der Waals surface area contributed by atoms with Crippen LogP contribution in [0.15, 0.2) is 47.1 Å². The number of furan rings is 1. The Bertz CT molecular complexity index is 865. The summed E-state index contributed by atoms with van der Waals surface area (Å²) in [7, 11) is 0. The number of hydrogen-bond donors (Lipinski definition) is 2. The Morgan fingerprint density at radius 1 is 1.26 bits per heavy atom. The van der Waals surface area contributed by atoms with Crippen LogP contribution < -0.4 is 5.43 Å². The van der Waals surface area contributed by atoms with Gasteiger partial charge < -0.3 is 9.84 Å². The van der Waals surface area contributed by atoms with E-state index in [4.69, 9.17) is 16.6 Å². The number of aromatic nitrogens is 3. The van der Waals surface area contributed by atoms with Crippen molar-refractivity contribution in [2.75, 3.05) is 5.43 Å². The van der Waals surface area contributed by atoms with Crippen molar-refractivity contribution in [2.45, 2.75) is 12.7 Å². The molecule has 0 atom stereocenters. The second-order valence-corrected chi connectivity index (χ2v) is 5.10. The lowest BCUT2D eigenvalue weighted by molar-refractivity contribution is -0.137. The molecule has 0 spiro atoms. The van der Waals surface area contributed by atoms with Crippen molar-refractivity contribution in [1.82, 2.24) is 14.9 Å². The Hall–Kier alpha value is -2.55. The number of alkyl halides is 3. The van der Waals surface area contributed by atoms with Gasteiger partial charge in [0, 0.05) is 5.56 Å². The zero-order valence-corrected chi connectivity index (χ0v) is 12.4. The van der Waals surface area contributed by atoms with Crippen LogP contribution in [-0.2, 0) is 12.7 Å². The van der Waals surface area contributed by atoms with Crippen molar-refractivity contribution < 1.29 is 17.6 Å². The molecule has 1 aromatic carbocycles. The molecule has 2 heterocycles. The summed E-state index contributed by atoms with van der Waals surface area (Å²) >= 11 is 4.98. The Morgan fingerprint density at radius 2 is 2.09 bits per heavy atom. The summed E-state index contributed by atoms with van der Waals surface area (Å²) in [6.45, 7) is 0.312. The molecular formula is C14H11F3N4OS. The summed E-state index contributed by atoms with van der Waals surface area (Å²) in [5.74, 6) is 0.921. The summed E-state index contributed by atoms with van der Waals surface area (Å²) < 4.78 is 45.7. The number of H-pyrrole nitrogens is 1. The zero-order chi connectivity index (χ0) is 16.4. The maximum absolute atomic E-state index is 12.7. The molecule has 0 aliphatic carbocycles. The van der Waals surface area contributed by atoms with E-state index in [2.05, 4.69) is 15.6 Å². The standard InChI is InChI=1S/C14H11F3N4OS/c15-14(16,17)10-3-1-2-9(6-10)12-5-4-11(22-12)7-19-21-8-18-20-13(21)23/h1-6,8,19H,7H2,(H,20,23). The first-order valence-corrected chi connectivity index (χ1v) is 6.96. The molecule has 23 heavy (non-hydrogen) atoms. The van der Waals surface area contributed by atoms with Gasteiger partial charge in [0.25, 0.3) is 0 Å². The Labute approximate surface area is 133 Å². The molecule has 2 aromatic heterocycles. The summed E-state index contributed by atoms with van der Waals surface area (Å²) in [5, 5.41) is 6.34. The lowest BCUT2D eigenvalue weighted by Gasteiger charge is -2.07. The first-order valence-electron chi connectivity index (χ1n) is 6.56. The summed E-state index contributed by atoms with van der Waals surface area (Å²) in [6, 6.07) is 8.31.